The Morgan fingerprint density at radius 1 is 1.18 bits per heavy atom. The molecule has 0 radical (unpaired) electrons. The van der Waals surface area contributed by atoms with Gasteiger partial charge in [0.25, 0.3) is 5.91 Å². The van der Waals surface area contributed by atoms with Crippen LogP contribution in [0.4, 0.5) is 11.6 Å². The third kappa shape index (κ3) is 4.44. The third-order valence-electron chi connectivity index (χ3n) is 6.17. The molecule has 0 saturated carbocycles. The Bertz CT molecular complexity index is 1210. The third-order valence-corrected chi connectivity index (χ3v) is 6.39. The van der Waals surface area contributed by atoms with E-state index in [9.17, 15) is 9.59 Å². The molecule has 34 heavy (non-hydrogen) atoms. The molecular formula is C24H26ClN7O2. The Kier molecular flexibility index (Phi) is 6.49. The predicted molar refractivity (Wildman–Crippen MR) is 133 cm³/mol. The first kappa shape index (κ1) is 23.6. The van der Waals surface area contributed by atoms with Crippen molar-refractivity contribution in [2.75, 3.05) is 17.7 Å². The predicted octanol–water partition coefficient (Wildman–Crippen LogP) is 3.33. The average Bonchev–Trinajstić information content (AvgIpc) is 3.09. The van der Waals surface area contributed by atoms with Crippen molar-refractivity contribution in [1.82, 2.24) is 20.2 Å². The van der Waals surface area contributed by atoms with E-state index in [1.165, 1.54) is 12.3 Å². The lowest BCUT2D eigenvalue weighted by Crippen LogP contribution is -2.45. The highest BCUT2D eigenvalue weighted by Gasteiger charge is 2.45. The maximum Gasteiger partial charge on any atom is 0.275 e. The SMILES string of the molecule is CNC(C)C(=O)Nc1cc(C2(C)C(C)N=C3C=CC=CN32)cc(NC(=O)c2ccc(Cl)cn2)n1. The number of nitrogens with zero attached hydrogens (tertiary/aromatic N) is 4. The van der Waals surface area contributed by atoms with Crippen molar-refractivity contribution in [3.63, 3.8) is 0 Å². The minimum Gasteiger partial charge on any atom is -0.321 e. The fraction of sp³-hybridized carbons (Fsp3) is 0.292. The van der Waals surface area contributed by atoms with Crippen LogP contribution >= 0.6 is 11.6 Å². The summed E-state index contributed by atoms with van der Waals surface area (Å²) in [6.45, 7) is 5.85. The monoisotopic (exact) mass is 479 g/mol. The molecule has 2 aliphatic rings. The van der Waals surface area contributed by atoms with Crippen LogP contribution in [0.5, 0.6) is 0 Å². The first-order chi connectivity index (χ1) is 16.2. The van der Waals surface area contributed by atoms with E-state index in [0.29, 0.717) is 10.8 Å². The molecule has 3 atom stereocenters. The van der Waals surface area contributed by atoms with E-state index in [4.69, 9.17) is 16.6 Å². The van der Waals surface area contributed by atoms with Gasteiger partial charge in [0, 0.05) is 12.4 Å². The maximum atomic E-state index is 12.8. The van der Waals surface area contributed by atoms with Gasteiger partial charge in [-0.25, -0.2) is 9.97 Å². The van der Waals surface area contributed by atoms with Crippen LogP contribution in [0.1, 0.15) is 36.8 Å². The molecule has 0 aliphatic carbocycles. The van der Waals surface area contributed by atoms with Crippen LogP contribution in [0.15, 0.2) is 59.9 Å². The maximum absolute atomic E-state index is 12.8. The van der Waals surface area contributed by atoms with Crippen LogP contribution < -0.4 is 16.0 Å². The van der Waals surface area contributed by atoms with Gasteiger partial charge in [-0.3, -0.25) is 14.6 Å². The van der Waals surface area contributed by atoms with Crippen LogP contribution in [0.2, 0.25) is 5.02 Å². The topological polar surface area (TPSA) is 112 Å². The number of halogens is 1. The number of aromatic nitrogens is 2. The highest BCUT2D eigenvalue weighted by Crippen LogP contribution is 2.41. The van der Waals surface area contributed by atoms with Crippen molar-refractivity contribution in [1.29, 1.82) is 0 Å². The zero-order valence-corrected chi connectivity index (χ0v) is 20.1. The molecular weight excluding hydrogens is 454 g/mol. The van der Waals surface area contributed by atoms with Gasteiger partial charge >= 0.3 is 0 Å². The smallest absolute Gasteiger partial charge is 0.275 e. The number of allylic oxidation sites excluding steroid dienone is 2. The molecule has 9 nitrogen and oxygen atoms in total. The van der Waals surface area contributed by atoms with Gasteiger partial charge in [-0.1, -0.05) is 17.7 Å². The van der Waals surface area contributed by atoms with E-state index in [2.05, 4.69) is 37.7 Å². The molecule has 4 rings (SSSR count). The normalized spacial score (nSPS) is 21.6. The number of nitrogens with one attached hydrogen (secondary N) is 3. The fourth-order valence-electron chi connectivity index (χ4n) is 3.84. The summed E-state index contributed by atoms with van der Waals surface area (Å²) in [5, 5.41) is 8.97. The van der Waals surface area contributed by atoms with E-state index >= 15 is 0 Å². The molecule has 0 bridgehead atoms. The zero-order chi connectivity index (χ0) is 24.5. The van der Waals surface area contributed by atoms with Gasteiger partial charge in [-0.2, -0.15) is 0 Å². The summed E-state index contributed by atoms with van der Waals surface area (Å²) in [6, 6.07) is 6.22. The van der Waals surface area contributed by atoms with Crippen molar-refractivity contribution in [2.24, 2.45) is 4.99 Å². The quantitative estimate of drug-likeness (QED) is 0.586. The van der Waals surface area contributed by atoms with Crippen LogP contribution in [0.3, 0.4) is 0 Å². The molecule has 4 heterocycles. The number of amidine groups is 1. The summed E-state index contributed by atoms with van der Waals surface area (Å²) >= 11 is 5.88. The largest absolute Gasteiger partial charge is 0.321 e. The van der Waals surface area contributed by atoms with Gasteiger partial charge in [0.05, 0.1) is 22.6 Å². The van der Waals surface area contributed by atoms with Crippen molar-refractivity contribution in [2.45, 2.75) is 38.4 Å². The number of hydrogen-bond acceptors (Lipinski definition) is 7. The number of rotatable bonds is 6. The molecule has 3 N–H and O–H groups in total. The van der Waals surface area contributed by atoms with E-state index in [1.54, 1.807) is 26.1 Å². The summed E-state index contributed by atoms with van der Waals surface area (Å²) in [7, 11) is 1.70. The van der Waals surface area contributed by atoms with Gasteiger partial charge < -0.3 is 20.9 Å². The highest BCUT2D eigenvalue weighted by atomic mass is 35.5. The lowest BCUT2D eigenvalue weighted by Gasteiger charge is -2.38. The van der Waals surface area contributed by atoms with Crippen LogP contribution in [-0.4, -0.2) is 51.6 Å². The van der Waals surface area contributed by atoms with Crippen molar-refractivity contribution in [3.8, 4) is 0 Å². The van der Waals surface area contributed by atoms with E-state index in [-0.39, 0.29) is 23.5 Å². The van der Waals surface area contributed by atoms with E-state index in [1.807, 2.05) is 37.4 Å². The van der Waals surface area contributed by atoms with Gasteiger partial charge in [-0.05, 0) is 69.8 Å². The minimum absolute atomic E-state index is 0.0985. The number of anilines is 2. The second kappa shape index (κ2) is 9.36. The number of carbonyl (C=O) groups excluding carboxylic acids is 2. The van der Waals surface area contributed by atoms with Crippen molar-refractivity contribution >= 4 is 40.9 Å². The van der Waals surface area contributed by atoms with Gasteiger partial charge in [0.15, 0.2) is 0 Å². The van der Waals surface area contributed by atoms with Gasteiger partial charge in [0.2, 0.25) is 5.91 Å². The molecule has 176 valence electrons. The molecule has 0 spiro atoms. The summed E-state index contributed by atoms with van der Waals surface area (Å²) in [5.41, 5.74) is 0.465. The summed E-state index contributed by atoms with van der Waals surface area (Å²) in [4.78, 5) is 40.8. The molecule has 0 saturated heterocycles. The first-order valence-corrected chi connectivity index (χ1v) is 11.3. The van der Waals surface area contributed by atoms with E-state index in [0.717, 1.165) is 11.4 Å². The molecule has 2 amide bonds. The lowest BCUT2D eigenvalue weighted by molar-refractivity contribution is -0.117. The molecule has 0 aromatic carbocycles. The average molecular weight is 480 g/mol. The molecule has 2 aromatic heterocycles. The Hall–Kier alpha value is -3.56. The number of fused-ring (bicyclic) bond motifs is 1. The van der Waals surface area contributed by atoms with Crippen LogP contribution in [0, 0.1) is 0 Å². The number of hydrogen-bond donors (Lipinski definition) is 3. The van der Waals surface area contributed by atoms with Crippen LogP contribution in [0.25, 0.3) is 0 Å². The van der Waals surface area contributed by atoms with Gasteiger partial charge in [0.1, 0.15) is 23.2 Å². The molecule has 0 fully saturated rings. The van der Waals surface area contributed by atoms with Crippen molar-refractivity contribution in [3.05, 3.63) is 71.2 Å². The number of aliphatic imine (C=N–C) groups is 1. The Morgan fingerprint density at radius 2 is 1.91 bits per heavy atom. The first-order valence-electron chi connectivity index (χ1n) is 10.9. The summed E-state index contributed by atoms with van der Waals surface area (Å²) < 4.78 is 0. The Morgan fingerprint density at radius 3 is 2.59 bits per heavy atom. The molecule has 2 aliphatic heterocycles. The van der Waals surface area contributed by atoms with Crippen LogP contribution in [-0.2, 0) is 10.3 Å². The van der Waals surface area contributed by atoms with E-state index < -0.39 is 17.5 Å². The summed E-state index contributed by atoms with van der Waals surface area (Å²) in [6.07, 6.45) is 9.22. The lowest BCUT2D eigenvalue weighted by atomic mass is 9.85. The number of likely N-dealkylation sites (N-methyl/N-ethyl adjacent to an activating group) is 1. The Balaban J connectivity index is 1.72. The molecule has 10 heteroatoms. The number of carbonyl (C=O) groups is 2. The molecule has 2 aromatic rings. The zero-order valence-electron chi connectivity index (χ0n) is 19.3. The number of pyridine rings is 2. The van der Waals surface area contributed by atoms with Gasteiger partial charge in [-0.15, -0.1) is 0 Å². The Labute approximate surface area is 203 Å². The highest BCUT2D eigenvalue weighted by molar-refractivity contribution is 6.30. The van der Waals surface area contributed by atoms with Crippen molar-refractivity contribution < 1.29 is 9.59 Å². The second-order valence-electron chi connectivity index (χ2n) is 8.32. The minimum atomic E-state index is -0.564. The standard InChI is InChI=1S/C24H26ClN7O2/c1-14(26-4)22(33)30-19-11-16(24(3)15(2)28-21-7-5-6-10-32(21)24)12-20(29-19)31-23(34)18-9-8-17(25)13-27-18/h5-15,26H,1-4H3,(H2,29,30,31,33,34). The number of amides is 2. The second-order valence-corrected chi connectivity index (χ2v) is 8.76. The molecule has 3 unspecified atom stereocenters. The summed E-state index contributed by atoms with van der Waals surface area (Å²) in [5.74, 6) is 0.766. The fourth-order valence-corrected chi connectivity index (χ4v) is 3.96.